The van der Waals surface area contributed by atoms with Crippen molar-refractivity contribution in [1.29, 1.82) is 0 Å². The molecule has 0 aliphatic heterocycles. The van der Waals surface area contributed by atoms with Crippen molar-refractivity contribution in [1.82, 2.24) is 0 Å². The maximum atomic E-state index is 10.6. The third kappa shape index (κ3) is 16.7. The van der Waals surface area contributed by atoms with E-state index in [-0.39, 0.29) is 0 Å². The van der Waals surface area contributed by atoms with Crippen molar-refractivity contribution in [2.24, 2.45) is 11.8 Å². The number of unbranched alkanes of at least 4 members (excludes halogenated alkanes) is 15. The number of carboxylic acids is 2. The van der Waals surface area contributed by atoms with Crippen molar-refractivity contribution in [3.8, 4) is 0 Å². The molecule has 178 valence electrons. The highest BCUT2D eigenvalue weighted by Crippen LogP contribution is 2.30. The minimum absolute atomic E-state index is 0.506. The van der Waals surface area contributed by atoms with Gasteiger partial charge in [0, 0.05) is 0 Å². The largest absolute Gasteiger partial charge is 0.481 e. The predicted octanol–water partition coefficient (Wildman–Crippen LogP) is 8.23. The molecular weight excluding hydrogens is 376 g/mol. The van der Waals surface area contributed by atoms with Crippen molar-refractivity contribution < 1.29 is 19.8 Å². The van der Waals surface area contributed by atoms with Gasteiger partial charge in [-0.2, -0.15) is 0 Å². The Morgan fingerprint density at radius 3 is 0.967 bits per heavy atom. The minimum atomic E-state index is -0.970. The number of hydrogen-bond acceptors (Lipinski definition) is 2. The standard InChI is InChI=1S/C18H38.C8H12O4/c1-3-5-7-9-11-13-15-17-18-16-14-12-10-8-6-4-2;9-7(10)5-3-1-2-4-6(5)8(11)12/h3-18H2,1-2H3;5-6H,1-4H2,(H,9,10)(H,11,12). The third-order valence-electron chi connectivity index (χ3n) is 6.36. The van der Waals surface area contributed by atoms with Crippen molar-refractivity contribution >= 4 is 11.9 Å². The lowest BCUT2D eigenvalue weighted by Crippen LogP contribution is -2.32. The molecule has 0 amide bonds. The van der Waals surface area contributed by atoms with Crippen molar-refractivity contribution in [3.05, 3.63) is 0 Å². The Kier molecular flexibility index (Phi) is 20.4. The molecule has 2 atom stereocenters. The number of hydrogen-bond donors (Lipinski definition) is 2. The molecule has 0 bridgehead atoms. The van der Waals surface area contributed by atoms with Crippen LogP contribution >= 0.6 is 0 Å². The second-order valence-corrected chi connectivity index (χ2v) is 9.12. The fraction of sp³-hybridized carbons (Fsp3) is 0.923. The molecule has 0 aromatic heterocycles. The second kappa shape index (κ2) is 21.2. The lowest BCUT2D eigenvalue weighted by molar-refractivity contribution is -0.155. The molecule has 1 fully saturated rings. The molecule has 30 heavy (non-hydrogen) atoms. The van der Waals surface area contributed by atoms with E-state index in [1.165, 1.54) is 103 Å². The zero-order valence-electron chi connectivity index (χ0n) is 20.0. The summed E-state index contributed by atoms with van der Waals surface area (Å²) in [5, 5.41) is 17.4. The summed E-state index contributed by atoms with van der Waals surface area (Å²) in [6.45, 7) is 4.59. The third-order valence-corrected chi connectivity index (χ3v) is 6.36. The van der Waals surface area contributed by atoms with Crippen LogP contribution in [0.2, 0.25) is 0 Å². The zero-order chi connectivity index (χ0) is 22.5. The van der Waals surface area contributed by atoms with Gasteiger partial charge >= 0.3 is 11.9 Å². The molecular formula is C26H50O4. The van der Waals surface area contributed by atoms with Crippen LogP contribution in [0.5, 0.6) is 0 Å². The first-order valence-electron chi connectivity index (χ1n) is 13.0. The van der Waals surface area contributed by atoms with Gasteiger partial charge in [0.15, 0.2) is 0 Å². The molecule has 1 saturated carbocycles. The lowest BCUT2D eigenvalue weighted by atomic mass is 9.79. The molecule has 0 radical (unpaired) electrons. The van der Waals surface area contributed by atoms with E-state index in [4.69, 9.17) is 10.2 Å². The van der Waals surface area contributed by atoms with Gasteiger partial charge < -0.3 is 10.2 Å². The topological polar surface area (TPSA) is 74.6 Å². The molecule has 1 rings (SSSR count). The van der Waals surface area contributed by atoms with Crippen LogP contribution < -0.4 is 0 Å². The van der Waals surface area contributed by atoms with Gasteiger partial charge in [0.1, 0.15) is 0 Å². The lowest BCUT2D eigenvalue weighted by Gasteiger charge is -2.24. The summed E-state index contributed by atoms with van der Waals surface area (Å²) in [5.41, 5.74) is 0. The number of aliphatic carboxylic acids is 2. The van der Waals surface area contributed by atoms with Gasteiger partial charge in [0.25, 0.3) is 0 Å². The smallest absolute Gasteiger partial charge is 0.307 e. The average molecular weight is 427 g/mol. The first-order chi connectivity index (χ1) is 14.5. The highest BCUT2D eigenvalue weighted by atomic mass is 16.4. The van der Waals surface area contributed by atoms with Crippen LogP contribution in [0.4, 0.5) is 0 Å². The van der Waals surface area contributed by atoms with Crippen molar-refractivity contribution in [2.75, 3.05) is 0 Å². The Morgan fingerprint density at radius 2 is 0.767 bits per heavy atom. The van der Waals surface area contributed by atoms with Crippen LogP contribution in [-0.4, -0.2) is 22.2 Å². The first-order valence-corrected chi connectivity index (χ1v) is 13.0. The Bertz CT molecular complexity index is 370. The second-order valence-electron chi connectivity index (χ2n) is 9.12. The van der Waals surface area contributed by atoms with Gasteiger partial charge in [-0.15, -0.1) is 0 Å². The van der Waals surface area contributed by atoms with Gasteiger partial charge in [-0.1, -0.05) is 129 Å². The van der Waals surface area contributed by atoms with Gasteiger partial charge in [0.05, 0.1) is 11.8 Å². The molecule has 1 aliphatic carbocycles. The summed E-state index contributed by atoms with van der Waals surface area (Å²) in [6.07, 6.45) is 26.1. The Morgan fingerprint density at radius 1 is 0.533 bits per heavy atom. The molecule has 0 heterocycles. The highest BCUT2D eigenvalue weighted by Gasteiger charge is 2.35. The summed E-state index contributed by atoms with van der Waals surface area (Å²) in [6, 6.07) is 0. The number of rotatable bonds is 17. The van der Waals surface area contributed by atoms with E-state index >= 15 is 0 Å². The van der Waals surface area contributed by atoms with Crippen LogP contribution in [0, 0.1) is 11.8 Å². The fourth-order valence-corrected chi connectivity index (χ4v) is 4.34. The molecule has 0 aromatic rings. The van der Waals surface area contributed by atoms with Gasteiger partial charge in [-0.05, 0) is 12.8 Å². The minimum Gasteiger partial charge on any atom is -0.481 e. The Balaban J connectivity index is 0.000000604. The molecule has 0 spiro atoms. The van der Waals surface area contributed by atoms with E-state index in [1.54, 1.807) is 0 Å². The van der Waals surface area contributed by atoms with E-state index in [1.807, 2.05) is 0 Å². The van der Waals surface area contributed by atoms with E-state index in [0.717, 1.165) is 12.8 Å². The van der Waals surface area contributed by atoms with E-state index in [9.17, 15) is 9.59 Å². The van der Waals surface area contributed by atoms with Crippen LogP contribution in [0.1, 0.15) is 142 Å². The number of carbonyl (C=O) groups is 2. The van der Waals surface area contributed by atoms with Crippen molar-refractivity contribution in [3.63, 3.8) is 0 Å². The van der Waals surface area contributed by atoms with E-state index in [2.05, 4.69) is 13.8 Å². The quantitative estimate of drug-likeness (QED) is 0.230. The van der Waals surface area contributed by atoms with Crippen LogP contribution in [0.3, 0.4) is 0 Å². The molecule has 0 aromatic carbocycles. The van der Waals surface area contributed by atoms with Crippen LogP contribution in [0.15, 0.2) is 0 Å². The highest BCUT2D eigenvalue weighted by molar-refractivity contribution is 5.80. The van der Waals surface area contributed by atoms with Gasteiger partial charge in [0.2, 0.25) is 0 Å². The molecule has 1 aliphatic rings. The summed E-state index contributed by atoms with van der Waals surface area (Å²) in [4.78, 5) is 21.2. The maximum absolute atomic E-state index is 10.6. The average Bonchev–Trinajstić information content (AvgIpc) is 2.74. The maximum Gasteiger partial charge on any atom is 0.307 e. The summed E-state index contributed by atoms with van der Waals surface area (Å²) >= 11 is 0. The monoisotopic (exact) mass is 426 g/mol. The van der Waals surface area contributed by atoms with Crippen LogP contribution in [0.25, 0.3) is 0 Å². The number of carboxylic acid groups (broad SMARTS) is 2. The van der Waals surface area contributed by atoms with Gasteiger partial charge in [-0.25, -0.2) is 0 Å². The Labute approximate surface area is 186 Å². The zero-order valence-corrected chi connectivity index (χ0v) is 20.0. The van der Waals surface area contributed by atoms with Crippen molar-refractivity contribution in [2.45, 2.75) is 142 Å². The molecule has 4 nitrogen and oxygen atoms in total. The Hall–Kier alpha value is -1.06. The molecule has 0 saturated heterocycles. The molecule has 2 unspecified atom stereocenters. The first kappa shape index (κ1) is 28.9. The SMILES string of the molecule is CCCCCCCCCCCCCCCCCC.O=C(O)C1CCCCC1C(=O)O. The summed E-state index contributed by atoms with van der Waals surface area (Å²) < 4.78 is 0. The predicted molar refractivity (Wildman–Crippen MR) is 126 cm³/mol. The van der Waals surface area contributed by atoms with E-state index < -0.39 is 23.8 Å². The summed E-state index contributed by atoms with van der Waals surface area (Å²) in [5.74, 6) is -3.28. The van der Waals surface area contributed by atoms with Gasteiger partial charge in [-0.3, -0.25) is 9.59 Å². The summed E-state index contributed by atoms with van der Waals surface area (Å²) in [7, 11) is 0. The molecule has 4 heteroatoms. The molecule has 2 N–H and O–H groups in total. The van der Waals surface area contributed by atoms with E-state index in [0.29, 0.717) is 12.8 Å². The fourth-order valence-electron chi connectivity index (χ4n) is 4.34. The van der Waals surface area contributed by atoms with Crippen LogP contribution in [-0.2, 0) is 9.59 Å². The normalized spacial score (nSPS) is 18.5.